The van der Waals surface area contributed by atoms with Crippen LogP contribution in [-0.4, -0.2) is 37.2 Å². The number of hydrogen-bond acceptors (Lipinski definition) is 6. The van der Waals surface area contributed by atoms with Crippen molar-refractivity contribution in [2.24, 2.45) is 0 Å². The lowest BCUT2D eigenvalue weighted by Gasteiger charge is -2.18. The molecule has 6 heteroatoms. The number of esters is 3. The Morgan fingerprint density at radius 2 is 0.639 bits per heavy atom. The first-order valence-corrected chi connectivity index (χ1v) is 25.1. The van der Waals surface area contributed by atoms with Gasteiger partial charge in [-0.1, -0.05) is 176 Å². The van der Waals surface area contributed by atoms with Crippen LogP contribution < -0.4 is 0 Å². The fourth-order valence-corrected chi connectivity index (χ4v) is 6.57. The largest absolute Gasteiger partial charge is 0.462 e. The van der Waals surface area contributed by atoms with Crippen molar-refractivity contribution in [1.29, 1.82) is 0 Å². The second-order valence-electron chi connectivity index (χ2n) is 16.3. The van der Waals surface area contributed by atoms with Gasteiger partial charge in [-0.05, 0) is 116 Å². The van der Waals surface area contributed by atoms with Crippen LogP contribution in [0.2, 0.25) is 0 Å². The van der Waals surface area contributed by atoms with Crippen LogP contribution in [0.15, 0.2) is 85.1 Å². The molecule has 0 fully saturated rings. The number of carbonyl (C=O) groups excluding carboxylic acids is 3. The highest BCUT2D eigenvalue weighted by Crippen LogP contribution is 2.12. The number of rotatable bonds is 44. The fraction of sp³-hybridized carbons (Fsp3) is 0.691. The molecule has 0 N–H and O–H groups in total. The molecule has 0 amide bonds. The second-order valence-corrected chi connectivity index (χ2v) is 16.3. The number of ether oxygens (including phenoxy) is 3. The molecule has 1 unspecified atom stereocenters. The van der Waals surface area contributed by atoms with E-state index in [0.29, 0.717) is 19.3 Å². The van der Waals surface area contributed by atoms with Crippen molar-refractivity contribution < 1.29 is 28.6 Å². The molecule has 0 spiro atoms. The van der Waals surface area contributed by atoms with Crippen LogP contribution in [0.1, 0.15) is 226 Å². The van der Waals surface area contributed by atoms with E-state index in [9.17, 15) is 14.4 Å². The SMILES string of the molecule is CC/C=C\C/C=C\C/C=C\C/C=C\CCCCC(=O)OC(COC(=O)CCCCCCC/C=C\C/C=C\CCCCCC)COC(=O)CCCCCCC/C=C\CCCCC. The summed E-state index contributed by atoms with van der Waals surface area (Å²) >= 11 is 0. The van der Waals surface area contributed by atoms with Crippen molar-refractivity contribution in [3.63, 3.8) is 0 Å². The van der Waals surface area contributed by atoms with Gasteiger partial charge in [0.2, 0.25) is 0 Å². The smallest absolute Gasteiger partial charge is 0.306 e. The molecule has 0 aliphatic rings. The summed E-state index contributed by atoms with van der Waals surface area (Å²) in [5.41, 5.74) is 0. The van der Waals surface area contributed by atoms with E-state index in [1.54, 1.807) is 0 Å². The zero-order valence-electron chi connectivity index (χ0n) is 39.7. The van der Waals surface area contributed by atoms with Crippen LogP contribution in [-0.2, 0) is 28.6 Å². The molecule has 0 aliphatic carbocycles. The normalized spacial score (nSPS) is 12.8. The van der Waals surface area contributed by atoms with Crippen molar-refractivity contribution in [3.05, 3.63) is 85.1 Å². The van der Waals surface area contributed by atoms with Crippen LogP contribution in [0.25, 0.3) is 0 Å². The molecule has 0 radical (unpaired) electrons. The second kappa shape index (κ2) is 49.2. The molecule has 0 saturated heterocycles. The third-order valence-corrected chi connectivity index (χ3v) is 10.4. The predicted octanol–water partition coefficient (Wildman–Crippen LogP) is 16.4. The van der Waals surface area contributed by atoms with Crippen molar-refractivity contribution >= 4 is 17.9 Å². The molecule has 0 saturated carbocycles. The third kappa shape index (κ3) is 47.5. The summed E-state index contributed by atoms with van der Waals surface area (Å²) in [5, 5.41) is 0. The first-order valence-electron chi connectivity index (χ1n) is 25.1. The zero-order chi connectivity index (χ0) is 44.4. The molecule has 348 valence electrons. The average Bonchev–Trinajstić information content (AvgIpc) is 3.26. The van der Waals surface area contributed by atoms with Crippen molar-refractivity contribution in [1.82, 2.24) is 0 Å². The summed E-state index contributed by atoms with van der Waals surface area (Å²) in [6.45, 7) is 6.42. The van der Waals surface area contributed by atoms with Gasteiger partial charge in [0.15, 0.2) is 6.10 Å². The Morgan fingerprint density at radius 3 is 1.08 bits per heavy atom. The Morgan fingerprint density at radius 1 is 0.344 bits per heavy atom. The highest BCUT2D eigenvalue weighted by Gasteiger charge is 2.19. The maximum atomic E-state index is 12.8. The molecular formula is C55H92O6. The van der Waals surface area contributed by atoms with Gasteiger partial charge < -0.3 is 14.2 Å². The summed E-state index contributed by atoms with van der Waals surface area (Å²) in [6, 6.07) is 0. The number of hydrogen-bond donors (Lipinski definition) is 0. The van der Waals surface area contributed by atoms with Gasteiger partial charge in [-0.2, -0.15) is 0 Å². The van der Waals surface area contributed by atoms with Gasteiger partial charge in [-0.25, -0.2) is 0 Å². The summed E-state index contributed by atoms with van der Waals surface area (Å²) in [6.07, 6.45) is 62.8. The summed E-state index contributed by atoms with van der Waals surface area (Å²) in [4.78, 5) is 37.9. The molecular weight excluding hydrogens is 757 g/mol. The zero-order valence-corrected chi connectivity index (χ0v) is 39.7. The van der Waals surface area contributed by atoms with Gasteiger partial charge in [0.25, 0.3) is 0 Å². The molecule has 61 heavy (non-hydrogen) atoms. The lowest BCUT2D eigenvalue weighted by Crippen LogP contribution is -2.30. The Labute approximate surface area is 375 Å². The van der Waals surface area contributed by atoms with Gasteiger partial charge >= 0.3 is 17.9 Å². The lowest BCUT2D eigenvalue weighted by atomic mass is 10.1. The van der Waals surface area contributed by atoms with Gasteiger partial charge in [-0.3, -0.25) is 14.4 Å². The quantitative estimate of drug-likeness (QED) is 0.0263. The van der Waals surface area contributed by atoms with E-state index in [2.05, 4.69) is 106 Å². The van der Waals surface area contributed by atoms with Crippen LogP contribution in [0.4, 0.5) is 0 Å². The standard InChI is InChI=1S/C55H92O6/c1-4-7-10-13-16-19-22-25-27-29-30-33-36-39-42-45-48-54(57)60-51-52(50-59-53(56)47-44-41-38-35-32-24-21-18-15-12-9-6-3)61-55(58)49-46-43-40-37-34-31-28-26-23-20-17-14-11-8-5-2/h8,11,17-22,26-29,34,37,52H,4-7,9-10,12-16,23-25,30-33,35-36,38-51H2,1-3H3/b11-8-,20-17-,21-18-,22-19-,28-26-,29-27-,37-34-. The van der Waals surface area contributed by atoms with Crippen molar-refractivity contribution in [2.75, 3.05) is 13.2 Å². The van der Waals surface area contributed by atoms with Gasteiger partial charge in [0.05, 0.1) is 0 Å². The molecule has 0 bridgehead atoms. The monoisotopic (exact) mass is 849 g/mol. The van der Waals surface area contributed by atoms with E-state index in [4.69, 9.17) is 14.2 Å². The van der Waals surface area contributed by atoms with E-state index in [1.807, 2.05) is 0 Å². The van der Waals surface area contributed by atoms with E-state index in [-0.39, 0.29) is 37.5 Å². The van der Waals surface area contributed by atoms with E-state index in [0.717, 1.165) is 116 Å². The summed E-state index contributed by atoms with van der Waals surface area (Å²) in [5.74, 6) is -0.971. The number of allylic oxidation sites excluding steroid dienone is 14. The summed E-state index contributed by atoms with van der Waals surface area (Å²) in [7, 11) is 0. The predicted molar refractivity (Wildman–Crippen MR) is 261 cm³/mol. The topological polar surface area (TPSA) is 78.9 Å². The molecule has 0 aromatic heterocycles. The minimum atomic E-state index is -0.806. The van der Waals surface area contributed by atoms with Crippen LogP contribution in [0.5, 0.6) is 0 Å². The number of unbranched alkanes of at least 4 members (excludes halogenated alkanes) is 19. The Kier molecular flexibility index (Phi) is 46.5. The first-order chi connectivity index (χ1) is 30.0. The highest BCUT2D eigenvalue weighted by atomic mass is 16.6. The maximum Gasteiger partial charge on any atom is 0.306 e. The first kappa shape index (κ1) is 57.6. The average molecular weight is 849 g/mol. The van der Waals surface area contributed by atoms with Gasteiger partial charge in [-0.15, -0.1) is 0 Å². The highest BCUT2D eigenvalue weighted by molar-refractivity contribution is 5.71. The fourth-order valence-electron chi connectivity index (χ4n) is 6.57. The minimum absolute atomic E-state index is 0.103. The van der Waals surface area contributed by atoms with Crippen LogP contribution >= 0.6 is 0 Å². The van der Waals surface area contributed by atoms with Gasteiger partial charge in [0, 0.05) is 19.3 Å². The van der Waals surface area contributed by atoms with Crippen molar-refractivity contribution in [2.45, 2.75) is 232 Å². The van der Waals surface area contributed by atoms with Crippen LogP contribution in [0.3, 0.4) is 0 Å². The van der Waals surface area contributed by atoms with E-state index >= 15 is 0 Å². The van der Waals surface area contributed by atoms with Gasteiger partial charge in [0.1, 0.15) is 13.2 Å². The van der Waals surface area contributed by atoms with E-state index in [1.165, 1.54) is 64.2 Å². The van der Waals surface area contributed by atoms with Crippen LogP contribution in [0, 0.1) is 0 Å². The molecule has 1 atom stereocenters. The maximum absolute atomic E-state index is 12.8. The molecule has 0 aromatic rings. The summed E-state index contributed by atoms with van der Waals surface area (Å²) < 4.78 is 16.7. The Balaban J connectivity index is 4.49. The minimum Gasteiger partial charge on any atom is -0.462 e. The molecule has 0 rings (SSSR count). The molecule has 0 heterocycles. The van der Waals surface area contributed by atoms with E-state index < -0.39 is 6.10 Å². The Bertz CT molecular complexity index is 1200. The molecule has 0 aromatic carbocycles. The third-order valence-electron chi connectivity index (χ3n) is 10.4. The molecule has 6 nitrogen and oxygen atoms in total. The molecule has 0 aliphatic heterocycles. The number of carbonyl (C=O) groups is 3. The lowest BCUT2D eigenvalue weighted by molar-refractivity contribution is -0.167. The van der Waals surface area contributed by atoms with Crippen molar-refractivity contribution in [3.8, 4) is 0 Å². The Hall–Kier alpha value is -3.41.